The number of fused-ring (bicyclic) bond motifs is 2. The van der Waals surface area contributed by atoms with Gasteiger partial charge in [-0.25, -0.2) is 0 Å². The summed E-state index contributed by atoms with van der Waals surface area (Å²) in [4.78, 5) is 25.7. The first-order valence-corrected chi connectivity index (χ1v) is 16.2. The quantitative estimate of drug-likeness (QED) is 0.201. The molecule has 6 aromatic rings. The number of rotatable bonds is 8. The van der Waals surface area contributed by atoms with Crippen LogP contribution in [0.25, 0.3) is 21.8 Å². The Kier molecular flexibility index (Phi) is 7.61. The largest absolute Gasteiger partial charge is 0.350 e. The zero-order chi connectivity index (χ0) is 30.2. The van der Waals surface area contributed by atoms with Gasteiger partial charge in [0.15, 0.2) is 0 Å². The second kappa shape index (κ2) is 11.9. The Labute approximate surface area is 262 Å². The molecule has 4 aromatic heterocycles. The number of para-hydroxylation sites is 2. The zero-order valence-electron chi connectivity index (χ0n) is 24.4. The van der Waals surface area contributed by atoms with E-state index >= 15 is 0 Å². The molecule has 2 amide bonds. The number of amides is 2. The third kappa shape index (κ3) is 5.70. The van der Waals surface area contributed by atoms with Crippen LogP contribution in [0.2, 0.25) is 0 Å². The summed E-state index contributed by atoms with van der Waals surface area (Å²) >= 11 is 2.86. The van der Waals surface area contributed by atoms with E-state index in [1.54, 1.807) is 0 Å². The van der Waals surface area contributed by atoms with E-state index in [-0.39, 0.29) is 36.5 Å². The van der Waals surface area contributed by atoms with Crippen molar-refractivity contribution in [2.75, 3.05) is 10.6 Å². The molecule has 44 heavy (non-hydrogen) atoms. The zero-order valence-corrected chi connectivity index (χ0v) is 26.0. The molecule has 1 aliphatic rings. The lowest BCUT2D eigenvalue weighted by Crippen LogP contribution is -2.14. The van der Waals surface area contributed by atoms with Gasteiger partial charge in [-0.3, -0.25) is 9.59 Å². The highest BCUT2D eigenvalue weighted by molar-refractivity contribution is 7.15. The van der Waals surface area contributed by atoms with Crippen LogP contribution in [0.4, 0.5) is 10.3 Å². The van der Waals surface area contributed by atoms with E-state index in [1.165, 1.54) is 22.7 Å². The van der Waals surface area contributed by atoms with E-state index in [0.717, 1.165) is 62.2 Å². The van der Waals surface area contributed by atoms with Gasteiger partial charge in [0.25, 0.3) is 0 Å². The third-order valence-corrected chi connectivity index (χ3v) is 10.2. The van der Waals surface area contributed by atoms with E-state index in [2.05, 4.69) is 37.4 Å². The molecular formula is C32H31N8O2S2+. The van der Waals surface area contributed by atoms with Gasteiger partial charge in [-0.05, 0) is 29.7 Å². The average Bonchev–Trinajstić information content (AvgIpc) is 3.81. The Hall–Kier alpha value is -4.55. The van der Waals surface area contributed by atoms with Gasteiger partial charge in [0, 0.05) is 48.3 Å². The van der Waals surface area contributed by atoms with Crippen LogP contribution in [0, 0.1) is 6.42 Å². The minimum atomic E-state index is -0.110. The lowest BCUT2D eigenvalue weighted by atomic mass is 9.82. The molecule has 4 heterocycles. The maximum absolute atomic E-state index is 12.9. The summed E-state index contributed by atoms with van der Waals surface area (Å²) in [6.07, 6.45) is 9.45. The van der Waals surface area contributed by atoms with Gasteiger partial charge in [-0.2, -0.15) is 0 Å². The number of hydrogen-bond acceptors (Lipinski definition) is 8. The number of carbonyl (C=O) groups is 2. The highest BCUT2D eigenvalue weighted by Crippen LogP contribution is 2.43. The maximum Gasteiger partial charge on any atom is 0.230 e. The molecule has 12 heteroatoms. The molecule has 1 saturated carbocycles. The summed E-state index contributed by atoms with van der Waals surface area (Å²) in [5.41, 5.74) is 4.16. The molecular weight excluding hydrogens is 593 g/mol. The van der Waals surface area contributed by atoms with Crippen molar-refractivity contribution in [3.63, 3.8) is 0 Å². The van der Waals surface area contributed by atoms with Crippen molar-refractivity contribution in [2.45, 2.75) is 43.9 Å². The molecule has 0 radical (unpaired) electrons. The number of nitrogens with zero attached hydrogens (tertiary/aromatic N) is 6. The van der Waals surface area contributed by atoms with Crippen LogP contribution >= 0.6 is 22.7 Å². The number of nitrogens with one attached hydrogen (secondary N) is 2. The van der Waals surface area contributed by atoms with Crippen LogP contribution in [-0.4, -0.2) is 41.3 Å². The summed E-state index contributed by atoms with van der Waals surface area (Å²) in [7, 11) is 3.97. The van der Waals surface area contributed by atoms with Gasteiger partial charge >= 0.3 is 0 Å². The summed E-state index contributed by atoms with van der Waals surface area (Å²) in [6.45, 7) is 0. The predicted octanol–water partition coefficient (Wildman–Crippen LogP) is 5.99. The number of carbonyl (C=O) groups excluding carboxylic acids is 2. The van der Waals surface area contributed by atoms with Crippen molar-refractivity contribution in [1.29, 1.82) is 0 Å². The van der Waals surface area contributed by atoms with Crippen molar-refractivity contribution >= 4 is 66.6 Å². The molecule has 1 aliphatic carbocycles. The van der Waals surface area contributed by atoms with Crippen LogP contribution in [0.5, 0.6) is 0 Å². The topological polar surface area (TPSA) is 120 Å². The van der Waals surface area contributed by atoms with E-state index in [9.17, 15) is 9.59 Å². The van der Waals surface area contributed by atoms with Crippen molar-refractivity contribution in [1.82, 2.24) is 29.5 Å². The summed E-state index contributed by atoms with van der Waals surface area (Å²) < 4.78 is 4.08. The molecule has 7 rings (SSSR count). The van der Waals surface area contributed by atoms with E-state index in [4.69, 9.17) is 0 Å². The number of benzene rings is 2. The smallest absolute Gasteiger partial charge is 0.230 e. The number of anilines is 2. The minimum Gasteiger partial charge on any atom is -0.350 e. The first kappa shape index (κ1) is 28.2. The van der Waals surface area contributed by atoms with Crippen LogP contribution < -0.4 is 10.6 Å². The second-order valence-corrected chi connectivity index (χ2v) is 13.3. The molecule has 222 valence electrons. The minimum absolute atomic E-state index is 0.110. The summed E-state index contributed by atoms with van der Waals surface area (Å²) in [6, 6.07) is 16.2. The van der Waals surface area contributed by atoms with E-state index in [0.29, 0.717) is 10.3 Å². The van der Waals surface area contributed by atoms with E-state index in [1.807, 2.05) is 84.2 Å². The molecule has 0 bridgehead atoms. The van der Waals surface area contributed by atoms with Gasteiger partial charge in [0.1, 0.15) is 10.0 Å². The molecule has 10 nitrogen and oxygen atoms in total. The lowest BCUT2D eigenvalue weighted by molar-refractivity contribution is -0.116. The fourth-order valence-electron chi connectivity index (χ4n) is 6.14. The number of aryl methyl sites for hydroxylation is 2. The van der Waals surface area contributed by atoms with Gasteiger partial charge in [0.2, 0.25) is 22.1 Å². The van der Waals surface area contributed by atoms with Crippen LogP contribution in [0.3, 0.4) is 0 Å². The van der Waals surface area contributed by atoms with Gasteiger partial charge in [-0.15, -0.1) is 20.4 Å². The number of aromatic nitrogens is 6. The Bertz CT molecular complexity index is 1850. The predicted molar refractivity (Wildman–Crippen MR) is 174 cm³/mol. The Balaban J connectivity index is 0.956. The highest BCUT2D eigenvalue weighted by Gasteiger charge is 2.34. The fraction of sp³-hybridized carbons (Fsp3) is 0.281. The molecule has 0 unspecified atom stereocenters. The van der Waals surface area contributed by atoms with Crippen molar-refractivity contribution in [3.05, 3.63) is 88.5 Å². The first-order valence-electron chi connectivity index (χ1n) is 14.6. The van der Waals surface area contributed by atoms with Gasteiger partial charge < -0.3 is 19.8 Å². The summed E-state index contributed by atoms with van der Waals surface area (Å²) in [5, 5.41) is 28.3. The Morgan fingerprint density at radius 1 is 0.750 bits per heavy atom. The van der Waals surface area contributed by atoms with Crippen molar-refractivity contribution in [3.8, 4) is 0 Å². The molecule has 2 aromatic carbocycles. The van der Waals surface area contributed by atoms with Crippen molar-refractivity contribution < 1.29 is 9.59 Å². The fourth-order valence-corrected chi connectivity index (χ4v) is 7.91. The molecule has 2 atom stereocenters. The SMILES string of the molecule is Cn1cc(CC(=O)Nc2nnc([C@H]3C[CH+]C[C@H](c4nnc(NC(=O)Cc5cn(C)c6ccccc56)s4)C3)s2)c2ccccc21. The molecule has 0 saturated heterocycles. The van der Waals surface area contributed by atoms with Crippen LogP contribution in [-0.2, 0) is 36.5 Å². The normalized spacial score (nSPS) is 16.7. The maximum atomic E-state index is 12.9. The Morgan fingerprint density at radius 2 is 1.20 bits per heavy atom. The lowest BCUT2D eigenvalue weighted by Gasteiger charge is -2.20. The monoisotopic (exact) mass is 623 g/mol. The van der Waals surface area contributed by atoms with Gasteiger partial charge in [-0.1, -0.05) is 59.1 Å². The molecule has 2 N–H and O–H groups in total. The second-order valence-electron chi connectivity index (χ2n) is 11.3. The summed E-state index contributed by atoms with van der Waals surface area (Å²) in [5.74, 6) is 0.147. The van der Waals surface area contributed by atoms with E-state index < -0.39 is 0 Å². The molecule has 1 fully saturated rings. The molecule has 0 spiro atoms. The van der Waals surface area contributed by atoms with Gasteiger partial charge in [0.05, 0.1) is 43.9 Å². The standard InChI is InChI=1S/C32H30N8O2S2/c1-39-17-21(23-10-3-5-12-25(23)39)15-27(41)33-31-37-35-29(43-31)19-8-7-9-20(14-19)30-36-38-32(44-30)34-28(42)16-22-18-40(2)26-13-6-4-11-24(22)26/h3-7,10-13,17-20H,8-9,14-16H2,1-2H3,(H-,33,34,37,38,41,42)/p+1/t19-,20-/m0/s1. The highest BCUT2D eigenvalue weighted by atomic mass is 32.1. The number of hydrogen-bond donors (Lipinski definition) is 2. The Morgan fingerprint density at radius 3 is 1.68 bits per heavy atom. The third-order valence-electron chi connectivity index (χ3n) is 8.20. The molecule has 0 aliphatic heterocycles. The van der Waals surface area contributed by atoms with Crippen molar-refractivity contribution in [2.24, 2.45) is 14.1 Å². The van der Waals surface area contributed by atoms with Crippen LogP contribution in [0.1, 0.15) is 52.2 Å². The first-order chi connectivity index (χ1) is 21.4. The van der Waals surface area contributed by atoms with Crippen LogP contribution in [0.15, 0.2) is 60.9 Å². The average molecular weight is 624 g/mol.